The lowest BCUT2D eigenvalue weighted by molar-refractivity contribution is -0.117. The van der Waals surface area contributed by atoms with Crippen molar-refractivity contribution in [2.24, 2.45) is 0 Å². The molecule has 3 heterocycles. The fourth-order valence-electron chi connectivity index (χ4n) is 8.24. The van der Waals surface area contributed by atoms with Gasteiger partial charge in [0.2, 0.25) is 11.8 Å². The van der Waals surface area contributed by atoms with Crippen molar-refractivity contribution in [2.45, 2.75) is 33.5 Å². The van der Waals surface area contributed by atoms with E-state index in [0.717, 1.165) is 24.8 Å². The highest BCUT2D eigenvalue weighted by atomic mass is 16.5. The molecule has 0 spiro atoms. The minimum absolute atomic E-state index is 0.0795. The highest BCUT2D eigenvalue weighted by Crippen LogP contribution is 2.31. The normalized spacial score (nSPS) is 11.1. The first-order valence-electron chi connectivity index (χ1n) is 21.7. The highest BCUT2D eigenvalue weighted by Gasteiger charge is 2.21. The van der Waals surface area contributed by atoms with Crippen molar-refractivity contribution in [3.63, 3.8) is 0 Å². The van der Waals surface area contributed by atoms with E-state index in [0.29, 0.717) is 45.2 Å². The van der Waals surface area contributed by atoms with Crippen LogP contribution in [0.25, 0.3) is 44.3 Å². The second-order valence-electron chi connectivity index (χ2n) is 16.2. The molecule has 0 atom stereocenters. The van der Waals surface area contributed by atoms with Crippen molar-refractivity contribution in [1.82, 2.24) is 23.6 Å². The van der Waals surface area contributed by atoms with Crippen LogP contribution in [-0.2, 0) is 29.2 Å². The topological polar surface area (TPSA) is 198 Å². The van der Waals surface area contributed by atoms with Gasteiger partial charge in [0, 0.05) is 16.9 Å². The van der Waals surface area contributed by atoms with Crippen LogP contribution >= 0.6 is 0 Å². The Balaban J connectivity index is 1.04. The number of amides is 3. The molecular weight excluding hydrogens is 879 g/mol. The van der Waals surface area contributed by atoms with Crippen LogP contribution in [0.3, 0.4) is 0 Å². The van der Waals surface area contributed by atoms with Gasteiger partial charge in [0.15, 0.2) is 0 Å². The minimum Gasteiger partial charge on any atom is -0.497 e. The summed E-state index contributed by atoms with van der Waals surface area (Å²) in [4.78, 5) is 97.4. The molecule has 0 aliphatic carbocycles. The van der Waals surface area contributed by atoms with Gasteiger partial charge in [0.1, 0.15) is 24.6 Å². The van der Waals surface area contributed by atoms with E-state index in [-0.39, 0.29) is 40.6 Å². The summed E-state index contributed by atoms with van der Waals surface area (Å²) in [5, 5.41) is 8.79. The Kier molecular flexibility index (Phi) is 12.3. The zero-order valence-electron chi connectivity index (χ0n) is 37.5. The van der Waals surface area contributed by atoms with Crippen LogP contribution < -0.4 is 43.2 Å². The van der Waals surface area contributed by atoms with Gasteiger partial charge in [-0.2, -0.15) is 0 Å². The number of nitrogens with one attached hydrogen (secondary N) is 3. The van der Waals surface area contributed by atoms with Gasteiger partial charge in [-0.15, -0.1) is 0 Å². The molecule has 3 N–H and O–H groups in total. The number of ether oxygens (including phenoxy) is 1. The molecule has 3 amide bonds. The maximum atomic E-state index is 14.4. The highest BCUT2D eigenvalue weighted by molar-refractivity contribution is 5.98. The Hall–Kier alpha value is -9.31. The van der Waals surface area contributed by atoms with Crippen molar-refractivity contribution in [3.05, 3.63) is 216 Å². The average molecular weight is 922 g/mol. The number of hydrogen-bond donors (Lipinski definition) is 3. The standard InChI is InChI=1S/C53H43N7O9/c1-32-15-18-36(56-48(62)31-58-46-26-34(49(63)54-29-40-12-9-25-69-40)17-24-42(46)51(65)59(53(58)67)37-10-5-4-6-11-37)27-43(32)44-28-38(21-16-33(44)2)60-50(64)41-13-7-8-14-45(41)57(52(60)66)30-47(61)55-35-19-22-39(68-3)23-20-35/h4-28H,29-31H2,1-3H3,(H,54,63)(H,55,61)(H,56,62). The molecule has 16 nitrogen and oxygen atoms in total. The number of methoxy groups -OCH3 is 1. The van der Waals surface area contributed by atoms with Crippen LogP contribution in [0.4, 0.5) is 11.4 Å². The molecule has 344 valence electrons. The first-order chi connectivity index (χ1) is 33.4. The summed E-state index contributed by atoms with van der Waals surface area (Å²) in [6, 6.07) is 39.8. The lowest BCUT2D eigenvalue weighted by Gasteiger charge is -2.17. The average Bonchev–Trinajstić information content (AvgIpc) is 3.89. The molecule has 16 heteroatoms. The van der Waals surface area contributed by atoms with Crippen LogP contribution in [-0.4, -0.2) is 43.1 Å². The van der Waals surface area contributed by atoms with E-state index in [9.17, 15) is 33.6 Å². The summed E-state index contributed by atoms with van der Waals surface area (Å²) in [7, 11) is 1.54. The number of anilines is 2. The molecule has 0 saturated carbocycles. The lowest BCUT2D eigenvalue weighted by Crippen LogP contribution is -2.41. The largest absolute Gasteiger partial charge is 0.497 e. The number of furan rings is 1. The first kappa shape index (κ1) is 44.9. The number of carbonyl (C=O) groups is 3. The monoisotopic (exact) mass is 921 g/mol. The number of hydrogen-bond acceptors (Lipinski definition) is 9. The van der Waals surface area contributed by atoms with Crippen molar-refractivity contribution in [1.29, 1.82) is 0 Å². The summed E-state index contributed by atoms with van der Waals surface area (Å²) >= 11 is 0. The van der Waals surface area contributed by atoms with Crippen LogP contribution in [0.1, 0.15) is 27.2 Å². The Bertz CT molecular complexity index is 3720. The first-order valence-corrected chi connectivity index (χ1v) is 21.7. The Labute approximate surface area is 392 Å². The van der Waals surface area contributed by atoms with Crippen LogP contribution in [0, 0.1) is 13.8 Å². The summed E-state index contributed by atoms with van der Waals surface area (Å²) in [6.07, 6.45) is 1.49. The summed E-state index contributed by atoms with van der Waals surface area (Å²) in [5.74, 6) is -0.439. The predicted molar refractivity (Wildman–Crippen MR) is 263 cm³/mol. The maximum Gasteiger partial charge on any atom is 0.336 e. The zero-order chi connectivity index (χ0) is 48.3. The van der Waals surface area contributed by atoms with Gasteiger partial charge in [0.05, 0.1) is 53.1 Å². The van der Waals surface area contributed by atoms with Crippen molar-refractivity contribution >= 4 is 50.9 Å². The molecule has 6 aromatic carbocycles. The van der Waals surface area contributed by atoms with E-state index in [1.807, 2.05) is 13.8 Å². The van der Waals surface area contributed by atoms with E-state index in [1.165, 1.54) is 36.1 Å². The SMILES string of the molecule is COc1ccc(NC(=O)Cn2c(=O)n(-c3ccc(C)c(-c4cc(NC(=O)Cn5c(=O)n(-c6ccccc6)c(=O)c6ccc(C(=O)NCc7ccco7)cc65)ccc4C)c3)c(=O)c3ccccc32)cc1. The maximum absolute atomic E-state index is 14.4. The van der Waals surface area contributed by atoms with Crippen molar-refractivity contribution in [3.8, 4) is 28.3 Å². The minimum atomic E-state index is -0.792. The molecular formula is C53H43N7O9. The van der Waals surface area contributed by atoms with Gasteiger partial charge < -0.3 is 25.1 Å². The van der Waals surface area contributed by atoms with Gasteiger partial charge in [-0.3, -0.25) is 33.1 Å². The van der Waals surface area contributed by atoms with Gasteiger partial charge in [-0.25, -0.2) is 18.7 Å². The molecule has 0 aliphatic heterocycles. The molecule has 69 heavy (non-hydrogen) atoms. The van der Waals surface area contributed by atoms with Gasteiger partial charge >= 0.3 is 11.4 Å². The number of fused-ring (bicyclic) bond motifs is 2. The third kappa shape index (κ3) is 9.01. The third-order valence-corrected chi connectivity index (χ3v) is 11.7. The molecule has 0 aliphatic rings. The lowest BCUT2D eigenvalue weighted by atomic mass is 9.95. The molecule has 0 bridgehead atoms. The molecule has 9 aromatic rings. The Morgan fingerprint density at radius 1 is 0.565 bits per heavy atom. The smallest absolute Gasteiger partial charge is 0.336 e. The van der Waals surface area contributed by atoms with Crippen LogP contribution in [0.5, 0.6) is 5.75 Å². The van der Waals surface area contributed by atoms with Crippen molar-refractivity contribution in [2.75, 3.05) is 17.7 Å². The van der Waals surface area contributed by atoms with Crippen molar-refractivity contribution < 1.29 is 23.5 Å². The van der Waals surface area contributed by atoms with Gasteiger partial charge in [-0.1, -0.05) is 42.5 Å². The molecule has 0 saturated heterocycles. The van der Waals surface area contributed by atoms with E-state index < -0.39 is 46.8 Å². The number of aromatic nitrogens is 4. The quantitative estimate of drug-likeness (QED) is 0.113. The fourth-order valence-corrected chi connectivity index (χ4v) is 8.24. The van der Waals surface area contributed by atoms with Gasteiger partial charge in [-0.05, 0) is 139 Å². The Morgan fingerprint density at radius 2 is 1.16 bits per heavy atom. The number of nitrogens with zero attached hydrogens (tertiary/aromatic N) is 4. The number of para-hydroxylation sites is 2. The summed E-state index contributed by atoms with van der Waals surface area (Å²) in [6.45, 7) is 2.94. The van der Waals surface area contributed by atoms with Gasteiger partial charge in [0.25, 0.3) is 17.0 Å². The number of benzene rings is 6. The molecule has 0 unspecified atom stereocenters. The molecule has 3 aromatic heterocycles. The second kappa shape index (κ2) is 18.9. The van der Waals surface area contributed by atoms with E-state index in [2.05, 4.69) is 16.0 Å². The molecule has 0 fully saturated rings. The van der Waals surface area contributed by atoms with Crippen LogP contribution in [0.15, 0.2) is 175 Å². The number of aryl methyl sites for hydroxylation is 2. The summed E-state index contributed by atoms with van der Waals surface area (Å²) < 4.78 is 15.0. The second-order valence-corrected chi connectivity index (χ2v) is 16.2. The predicted octanol–water partition coefficient (Wildman–Crippen LogP) is 6.71. The molecule has 9 rings (SSSR count). The zero-order valence-corrected chi connectivity index (χ0v) is 37.5. The van der Waals surface area contributed by atoms with E-state index in [1.54, 1.807) is 127 Å². The van der Waals surface area contributed by atoms with Crippen LogP contribution in [0.2, 0.25) is 0 Å². The van der Waals surface area contributed by atoms with E-state index in [4.69, 9.17) is 9.15 Å². The fraction of sp³-hybridized carbons (Fsp3) is 0.113. The number of carbonyl (C=O) groups excluding carboxylic acids is 3. The van der Waals surface area contributed by atoms with E-state index >= 15 is 0 Å². The number of rotatable bonds is 13. The summed E-state index contributed by atoms with van der Waals surface area (Å²) in [5.41, 5.74) is 2.15. The third-order valence-electron chi connectivity index (χ3n) is 11.7. The Morgan fingerprint density at radius 3 is 1.84 bits per heavy atom. The molecule has 0 radical (unpaired) electrons.